The van der Waals surface area contributed by atoms with Crippen molar-refractivity contribution in [1.82, 2.24) is 0 Å². The summed E-state index contributed by atoms with van der Waals surface area (Å²) in [5, 5.41) is 8.06. The van der Waals surface area contributed by atoms with Crippen LogP contribution in [0.15, 0.2) is 0 Å². The molecule has 0 aliphatic rings. The fourth-order valence-electron chi connectivity index (χ4n) is 0.524. The van der Waals surface area contributed by atoms with E-state index in [2.05, 4.69) is 4.74 Å². The molecule has 0 aromatic heterocycles. The third-order valence-corrected chi connectivity index (χ3v) is 0.923. The third kappa shape index (κ3) is 5.09. The van der Waals surface area contributed by atoms with Gasteiger partial charge < -0.3 is 4.74 Å². The van der Waals surface area contributed by atoms with Crippen LogP contribution in [0.3, 0.4) is 0 Å². The molecule has 0 radical (unpaired) electrons. The molecule has 0 spiro atoms. The van der Waals surface area contributed by atoms with Gasteiger partial charge in [0.2, 0.25) is 0 Å². The minimum Gasteiger partial charge on any atom is -0.466 e. The molecule has 0 N–H and O–H groups in total. The van der Waals surface area contributed by atoms with Crippen molar-refractivity contribution in [2.75, 3.05) is 6.61 Å². The molecule has 0 saturated heterocycles. The van der Waals surface area contributed by atoms with Crippen molar-refractivity contribution < 1.29 is 14.3 Å². The molecule has 4 heteroatoms. The highest BCUT2D eigenvalue weighted by atomic mass is 16.5. The SMILES string of the molecule is CCOC(=O)CC(=O)CC#N. The van der Waals surface area contributed by atoms with Gasteiger partial charge in [-0.1, -0.05) is 0 Å². The fraction of sp³-hybridized carbons (Fsp3) is 0.571. The summed E-state index contributed by atoms with van der Waals surface area (Å²) in [5.41, 5.74) is 0. The van der Waals surface area contributed by atoms with Gasteiger partial charge in [-0.2, -0.15) is 5.26 Å². The number of hydrogen-bond acceptors (Lipinski definition) is 4. The maximum absolute atomic E-state index is 10.6. The summed E-state index contributed by atoms with van der Waals surface area (Å²) in [6.45, 7) is 1.92. The Labute approximate surface area is 64.8 Å². The van der Waals surface area contributed by atoms with Crippen LogP contribution in [0, 0.1) is 11.3 Å². The Balaban J connectivity index is 3.60. The van der Waals surface area contributed by atoms with Gasteiger partial charge in [0, 0.05) is 0 Å². The van der Waals surface area contributed by atoms with E-state index >= 15 is 0 Å². The van der Waals surface area contributed by atoms with Gasteiger partial charge >= 0.3 is 5.97 Å². The number of esters is 1. The molecule has 4 nitrogen and oxygen atoms in total. The molecule has 0 atom stereocenters. The van der Waals surface area contributed by atoms with Gasteiger partial charge in [-0.25, -0.2) is 0 Å². The summed E-state index contributed by atoms with van der Waals surface area (Å²) in [7, 11) is 0. The highest BCUT2D eigenvalue weighted by molar-refractivity contribution is 5.96. The molecule has 0 heterocycles. The standard InChI is InChI=1S/C7H9NO3/c1-2-11-7(10)5-6(9)3-4-8/h2-3,5H2,1H3. The van der Waals surface area contributed by atoms with Crippen molar-refractivity contribution in [2.45, 2.75) is 19.8 Å². The Morgan fingerprint density at radius 2 is 2.18 bits per heavy atom. The van der Waals surface area contributed by atoms with Crippen LogP contribution >= 0.6 is 0 Å². The second kappa shape index (κ2) is 5.42. The van der Waals surface area contributed by atoms with Gasteiger partial charge in [-0.05, 0) is 6.92 Å². The lowest BCUT2D eigenvalue weighted by molar-refractivity contribution is -0.145. The second-order valence-corrected chi connectivity index (χ2v) is 1.86. The first-order chi connectivity index (χ1) is 5.20. The quantitative estimate of drug-likeness (QED) is 0.436. The van der Waals surface area contributed by atoms with Crippen molar-refractivity contribution in [1.29, 1.82) is 5.26 Å². The highest BCUT2D eigenvalue weighted by Crippen LogP contribution is 1.91. The number of rotatable bonds is 4. The molecule has 0 aliphatic heterocycles. The summed E-state index contributed by atoms with van der Waals surface area (Å²) in [6.07, 6.45) is -0.514. The highest BCUT2D eigenvalue weighted by Gasteiger charge is 2.08. The van der Waals surface area contributed by atoms with Crippen molar-refractivity contribution in [2.24, 2.45) is 0 Å². The number of hydrogen-bond donors (Lipinski definition) is 0. The van der Waals surface area contributed by atoms with E-state index in [-0.39, 0.29) is 19.4 Å². The maximum atomic E-state index is 10.6. The lowest BCUT2D eigenvalue weighted by Crippen LogP contribution is -2.10. The molecule has 0 aromatic carbocycles. The zero-order chi connectivity index (χ0) is 8.69. The molecule has 0 saturated carbocycles. The topological polar surface area (TPSA) is 67.2 Å². The zero-order valence-corrected chi connectivity index (χ0v) is 6.29. The van der Waals surface area contributed by atoms with E-state index in [1.807, 2.05) is 0 Å². The monoisotopic (exact) mass is 155 g/mol. The Hall–Kier alpha value is -1.37. The largest absolute Gasteiger partial charge is 0.466 e. The second-order valence-electron chi connectivity index (χ2n) is 1.86. The van der Waals surface area contributed by atoms with Gasteiger partial charge in [0.1, 0.15) is 6.42 Å². The smallest absolute Gasteiger partial charge is 0.313 e. The molecule has 0 rings (SSSR count). The van der Waals surface area contributed by atoms with Crippen molar-refractivity contribution in [3.8, 4) is 6.07 Å². The van der Waals surface area contributed by atoms with Crippen molar-refractivity contribution >= 4 is 11.8 Å². The van der Waals surface area contributed by atoms with Crippen LogP contribution < -0.4 is 0 Å². The first-order valence-electron chi connectivity index (χ1n) is 3.25. The van der Waals surface area contributed by atoms with Crippen LogP contribution in [-0.4, -0.2) is 18.4 Å². The molecule has 0 bridgehead atoms. The minimum atomic E-state index is -0.562. The molecule has 60 valence electrons. The molecule has 0 amide bonds. The van der Waals surface area contributed by atoms with E-state index in [0.717, 1.165) is 0 Å². The first kappa shape index (κ1) is 9.63. The predicted octanol–water partition coefficient (Wildman–Crippen LogP) is 0.422. The number of Topliss-reactive ketones (excluding diaryl/α,β-unsaturated/α-hetero) is 1. The van der Waals surface area contributed by atoms with Crippen LogP contribution in [0.5, 0.6) is 0 Å². The fourth-order valence-corrected chi connectivity index (χ4v) is 0.524. The van der Waals surface area contributed by atoms with Crippen molar-refractivity contribution in [3.63, 3.8) is 0 Å². The van der Waals surface area contributed by atoms with Gasteiger partial charge in [-0.15, -0.1) is 0 Å². The van der Waals surface area contributed by atoms with Gasteiger partial charge in [0.15, 0.2) is 5.78 Å². The van der Waals surface area contributed by atoms with E-state index in [1.165, 1.54) is 0 Å². The summed E-state index contributed by atoms with van der Waals surface area (Å²) >= 11 is 0. The Morgan fingerprint density at radius 1 is 1.55 bits per heavy atom. The number of carbonyl (C=O) groups is 2. The first-order valence-corrected chi connectivity index (χ1v) is 3.25. The van der Waals surface area contributed by atoms with E-state index < -0.39 is 11.8 Å². The van der Waals surface area contributed by atoms with E-state index in [4.69, 9.17) is 5.26 Å². The summed E-state index contributed by atoms with van der Waals surface area (Å²) in [4.78, 5) is 21.2. The lowest BCUT2D eigenvalue weighted by atomic mass is 10.2. The molecular weight excluding hydrogens is 146 g/mol. The molecule has 0 fully saturated rings. The number of ketones is 1. The lowest BCUT2D eigenvalue weighted by Gasteiger charge is -1.97. The van der Waals surface area contributed by atoms with Crippen LogP contribution in [0.2, 0.25) is 0 Å². The molecule has 0 aliphatic carbocycles. The van der Waals surface area contributed by atoms with Crippen LogP contribution in [0.25, 0.3) is 0 Å². The Kier molecular flexibility index (Phi) is 4.74. The summed E-state index contributed by atoms with van der Waals surface area (Å²) in [6, 6.07) is 1.66. The van der Waals surface area contributed by atoms with Crippen molar-refractivity contribution in [3.05, 3.63) is 0 Å². The third-order valence-electron chi connectivity index (χ3n) is 0.923. The van der Waals surface area contributed by atoms with Crippen LogP contribution in [0.1, 0.15) is 19.8 Å². The minimum absolute atomic E-state index is 0.223. The van der Waals surface area contributed by atoms with Crippen LogP contribution in [0.4, 0.5) is 0 Å². The number of ether oxygens (including phenoxy) is 1. The van der Waals surface area contributed by atoms with Gasteiger partial charge in [0.25, 0.3) is 0 Å². The van der Waals surface area contributed by atoms with E-state index in [9.17, 15) is 9.59 Å². The zero-order valence-electron chi connectivity index (χ0n) is 6.29. The average molecular weight is 155 g/mol. The normalized spacial score (nSPS) is 8.36. The molecule has 11 heavy (non-hydrogen) atoms. The number of nitrogens with zero attached hydrogens (tertiary/aromatic N) is 1. The average Bonchev–Trinajstić information content (AvgIpc) is 1.87. The Bertz CT molecular complexity index is 192. The summed E-state index contributed by atoms with van der Waals surface area (Å²) in [5.74, 6) is -0.960. The molecular formula is C7H9NO3. The van der Waals surface area contributed by atoms with Gasteiger partial charge in [-0.3, -0.25) is 9.59 Å². The number of carbonyl (C=O) groups excluding carboxylic acids is 2. The van der Waals surface area contributed by atoms with Gasteiger partial charge in [0.05, 0.1) is 19.1 Å². The summed E-state index contributed by atoms with van der Waals surface area (Å²) < 4.78 is 4.49. The van der Waals surface area contributed by atoms with E-state index in [1.54, 1.807) is 13.0 Å². The maximum Gasteiger partial charge on any atom is 0.313 e. The molecule has 0 unspecified atom stereocenters. The van der Waals surface area contributed by atoms with E-state index in [0.29, 0.717) is 0 Å². The predicted molar refractivity (Wildman–Crippen MR) is 36.5 cm³/mol. The Morgan fingerprint density at radius 3 is 2.64 bits per heavy atom. The van der Waals surface area contributed by atoms with Crippen LogP contribution in [-0.2, 0) is 14.3 Å². The number of nitriles is 1. The molecule has 0 aromatic rings.